The number of benzene rings is 1. The first kappa shape index (κ1) is 60.8. The van der Waals surface area contributed by atoms with Gasteiger partial charge in [0.05, 0.1) is 27.4 Å². The first-order chi connectivity index (χ1) is 32.1. The number of methoxy groups -OCH3 is 2. The standard InChI is InChI=1S/C63H100O4/c1-17-66-60-58(14)59(61(67-18-2)63(65-16)62(60)64-15)47-46-57(13)45-27-44-56(12)43-26-42-55(11)41-25-40-54(10)39-24-38-53(9)37-23-36-52(8)35-22-34-51(7)33-21-32-50(6)31-20-30-49(5)29-19-28-48(3)4/h28,30,32,34,36,38,40,42,44,46H,17-27,29,31,33,35,37,39,41,43,45,47H2,1-16H3/b49-30+,50-32+,51-34+,52-36-,53-38+,54-40+,55-42+,56-44+,57-46+. The van der Waals surface area contributed by atoms with Gasteiger partial charge in [-0.3, -0.25) is 0 Å². The second kappa shape index (κ2) is 36.8. The predicted molar refractivity (Wildman–Crippen MR) is 297 cm³/mol. The van der Waals surface area contributed by atoms with E-state index in [2.05, 4.69) is 144 Å². The lowest BCUT2D eigenvalue weighted by Crippen LogP contribution is -2.07. The minimum atomic E-state index is 0.546. The Morgan fingerprint density at radius 1 is 0.328 bits per heavy atom. The van der Waals surface area contributed by atoms with Crippen LogP contribution in [0.25, 0.3) is 0 Å². The largest absolute Gasteiger partial charge is 0.490 e. The van der Waals surface area contributed by atoms with E-state index in [0.717, 1.165) is 113 Å². The van der Waals surface area contributed by atoms with E-state index in [4.69, 9.17) is 18.9 Å². The Hall–Kier alpha value is -4.18. The summed E-state index contributed by atoms with van der Waals surface area (Å²) in [5.41, 5.74) is 17.0. The zero-order chi connectivity index (χ0) is 50.0. The molecule has 0 amide bonds. The molecule has 67 heavy (non-hydrogen) atoms. The molecule has 1 aromatic rings. The molecular formula is C63H100O4. The zero-order valence-corrected chi connectivity index (χ0v) is 46.3. The van der Waals surface area contributed by atoms with Crippen LogP contribution in [0.3, 0.4) is 0 Å². The van der Waals surface area contributed by atoms with Crippen molar-refractivity contribution in [2.45, 2.75) is 219 Å². The number of ether oxygens (including phenoxy) is 4. The van der Waals surface area contributed by atoms with E-state index in [9.17, 15) is 0 Å². The molecule has 0 aliphatic carbocycles. The molecular weight excluding hydrogens is 821 g/mol. The van der Waals surface area contributed by atoms with E-state index in [0.29, 0.717) is 24.7 Å². The Kier molecular flexibility index (Phi) is 33.4. The molecule has 0 unspecified atom stereocenters. The van der Waals surface area contributed by atoms with Crippen LogP contribution in [-0.2, 0) is 6.42 Å². The molecule has 0 atom stereocenters. The predicted octanol–water partition coefficient (Wildman–Crippen LogP) is 19.9. The fourth-order valence-electron chi connectivity index (χ4n) is 8.21. The summed E-state index contributed by atoms with van der Waals surface area (Å²) >= 11 is 0. The van der Waals surface area contributed by atoms with E-state index >= 15 is 0 Å². The topological polar surface area (TPSA) is 36.9 Å². The molecule has 4 nitrogen and oxygen atoms in total. The summed E-state index contributed by atoms with van der Waals surface area (Å²) in [7, 11) is 3.30. The molecule has 0 fully saturated rings. The molecule has 0 saturated heterocycles. The Bertz CT molecular complexity index is 1910. The molecule has 0 aliphatic rings. The van der Waals surface area contributed by atoms with Crippen molar-refractivity contribution in [1.82, 2.24) is 0 Å². The van der Waals surface area contributed by atoms with Gasteiger partial charge >= 0.3 is 0 Å². The third-order valence-corrected chi connectivity index (χ3v) is 12.7. The smallest absolute Gasteiger partial charge is 0.207 e. The molecule has 0 radical (unpaired) electrons. The molecule has 376 valence electrons. The van der Waals surface area contributed by atoms with Crippen LogP contribution in [0.4, 0.5) is 0 Å². The number of hydrogen-bond acceptors (Lipinski definition) is 4. The van der Waals surface area contributed by atoms with Gasteiger partial charge in [0.15, 0.2) is 11.5 Å². The van der Waals surface area contributed by atoms with Crippen molar-refractivity contribution in [3.63, 3.8) is 0 Å². The maximum atomic E-state index is 6.10. The molecule has 4 heteroatoms. The molecule has 0 heterocycles. The van der Waals surface area contributed by atoms with Gasteiger partial charge in [-0.2, -0.15) is 0 Å². The lowest BCUT2D eigenvalue weighted by Gasteiger charge is -2.22. The van der Waals surface area contributed by atoms with Crippen LogP contribution in [0.1, 0.15) is 217 Å². The molecule has 0 spiro atoms. The first-order valence-corrected chi connectivity index (χ1v) is 26.1. The molecule has 0 aliphatic heterocycles. The Morgan fingerprint density at radius 2 is 0.567 bits per heavy atom. The highest BCUT2D eigenvalue weighted by Crippen LogP contribution is 2.50. The van der Waals surface area contributed by atoms with Gasteiger partial charge in [0.2, 0.25) is 11.5 Å². The van der Waals surface area contributed by atoms with Crippen LogP contribution in [0.5, 0.6) is 23.0 Å². The van der Waals surface area contributed by atoms with Crippen LogP contribution in [0, 0.1) is 6.92 Å². The van der Waals surface area contributed by atoms with Gasteiger partial charge in [0.1, 0.15) is 0 Å². The number of rotatable bonds is 35. The highest BCUT2D eigenvalue weighted by molar-refractivity contribution is 5.67. The third kappa shape index (κ3) is 28.0. The highest BCUT2D eigenvalue weighted by Gasteiger charge is 2.25. The van der Waals surface area contributed by atoms with Crippen LogP contribution < -0.4 is 18.9 Å². The van der Waals surface area contributed by atoms with Crippen LogP contribution in [0.2, 0.25) is 0 Å². The van der Waals surface area contributed by atoms with E-state index in [-0.39, 0.29) is 0 Å². The summed E-state index contributed by atoms with van der Waals surface area (Å²) in [4.78, 5) is 0. The second-order valence-corrected chi connectivity index (χ2v) is 19.5. The summed E-state index contributed by atoms with van der Waals surface area (Å²) in [5.74, 6) is 2.65. The normalized spacial score (nSPS) is 13.9. The molecule has 0 bridgehead atoms. The summed E-state index contributed by atoms with van der Waals surface area (Å²) in [6, 6.07) is 0. The first-order valence-electron chi connectivity index (χ1n) is 26.1. The minimum Gasteiger partial charge on any atom is -0.490 e. The van der Waals surface area contributed by atoms with E-state index in [1.54, 1.807) is 14.2 Å². The van der Waals surface area contributed by atoms with Gasteiger partial charge in [0, 0.05) is 11.1 Å². The summed E-state index contributed by atoms with van der Waals surface area (Å²) < 4.78 is 23.6. The molecule has 0 N–H and O–H groups in total. The van der Waals surface area contributed by atoms with Crippen molar-refractivity contribution in [2.75, 3.05) is 27.4 Å². The quantitative estimate of drug-likeness (QED) is 0.0636. The lowest BCUT2D eigenvalue weighted by molar-refractivity contribution is 0.273. The summed E-state index contributed by atoms with van der Waals surface area (Å²) in [6.07, 6.45) is 45.5. The van der Waals surface area contributed by atoms with Gasteiger partial charge in [-0.25, -0.2) is 0 Å². The number of allylic oxidation sites excluding steroid dienone is 20. The average Bonchev–Trinajstić information content (AvgIpc) is 3.27. The maximum absolute atomic E-state index is 6.10. The lowest BCUT2D eigenvalue weighted by atomic mass is 9.99. The fraction of sp³-hybridized carbons (Fsp3) is 0.587. The highest BCUT2D eigenvalue weighted by atomic mass is 16.5. The molecule has 0 aromatic heterocycles. The van der Waals surface area contributed by atoms with Crippen LogP contribution >= 0.6 is 0 Å². The van der Waals surface area contributed by atoms with E-state index < -0.39 is 0 Å². The Balaban J connectivity index is 2.40. The van der Waals surface area contributed by atoms with Crippen molar-refractivity contribution >= 4 is 0 Å². The monoisotopic (exact) mass is 921 g/mol. The van der Waals surface area contributed by atoms with Crippen molar-refractivity contribution in [3.05, 3.63) is 128 Å². The molecule has 1 aromatic carbocycles. The minimum absolute atomic E-state index is 0.546. The van der Waals surface area contributed by atoms with Crippen LogP contribution in [0.15, 0.2) is 116 Å². The maximum Gasteiger partial charge on any atom is 0.207 e. The van der Waals surface area contributed by atoms with Gasteiger partial charge in [-0.1, -0.05) is 116 Å². The van der Waals surface area contributed by atoms with E-state index in [1.165, 1.54) is 87.8 Å². The van der Waals surface area contributed by atoms with Gasteiger partial charge in [0.25, 0.3) is 0 Å². The van der Waals surface area contributed by atoms with Crippen molar-refractivity contribution in [2.24, 2.45) is 0 Å². The van der Waals surface area contributed by atoms with Gasteiger partial charge in [-0.15, -0.1) is 0 Å². The fourth-order valence-corrected chi connectivity index (χ4v) is 8.21. The van der Waals surface area contributed by atoms with Crippen molar-refractivity contribution in [1.29, 1.82) is 0 Å². The summed E-state index contributed by atoms with van der Waals surface area (Å²) in [5, 5.41) is 0. The Morgan fingerprint density at radius 3 is 0.821 bits per heavy atom. The third-order valence-electron chi connectivity index (χ3n) is 12.7. The molecule has 1 rings (SSSR count). The van der Waals surface area contributed by atoms with Crippen molar-refractivity contribution in [3.8, 4) is 23.0 Å². The summed E-state index contributed by atoms with van der Waals surface area (Å²) in [6.45, 7) is 32.1. The van der Waals surface area contributed by atoms with Crippen molar-refractivity contribution < 1.29 is 18.9 Å². The number of hydrogen-bond donors (Lipinski definition) is 0. The van der Waals surface area contributed by atoms with Crippen LogP contribution in [-0.4, -0.2) is 27.4 Å². The zero-order valence-electron chi connectivity index (χ0n) is 46.3. The van der Waals surface area contributed by atoms with E-state index in [1.807, 2.05) is 13.8 Å². The Labute approximate surface area is 414 Å². The second-order valence-electron chi connectivity index (χ2n) is 19.5. The van der Waals surface area contributed by atoms with Gasteiger partial charge in [-0.05, 0) is 219 Å². The van der Waals surface area contributed by atoms with Gasteiger partial charge < -0.3 is 18.9 Å². The average molecular weight is 921 g/mol. The SMILES string of the molecule is CCOc1c(C)c(C/C=C(\C)CC/C=C(\C)CC/C=C(\C)CC/C=C(\C)CC/C=C(\C)CC/C=C(/C)CC/C=C(\C)CC/C=C(\C)CC/C=C(\C)CCC=C(C)C)c(OCC)c(OC)c1OC. The molecule has 0 saturated carbocycles.